The van der Waals surface area contributed by atoms with Crippen molar-refractivity contribution in [3.05, 3.63) is 54.0 Å². The third-order valence-electron chi connectivity index (χ3n) is 4.12. The second kappa shape index (κ2) is 6.78. The number of aromatic nitrogens is 5. The highest BCUT2D eigenvalue weighted by Gasteiger charge is 2.27. The maximum Gasteiger partial charge on any atom is 0.246 e. The number of rotatable bonds is 3. The number of amides is 1. The average molecular weight is 336 g/mol. The van der Waals surface area contributed by atoms with Crippen molar-refractivity contribution in [2.75, 3.05) is 19.7 Å². The summed E-state index contributed by atoms with van der Waals surface area (Å²) in [4.78, 5) is 18.6. The van der Waals surface area contributed by atoms with Crippen LogP contribution in [0.3, 0.4) is 0 Å². The van der Waals surface area contributed by atoms with E-state index in [1.54, 1.807) is 17.2 Å². The van der Waals surface area contributed by atoms with Gasteiger partial charge in [-0.2, -0.15) is 5.21 Å². The Labute approximate surface area is 143 Å². The van der Waals surface area contributed by atoms with E-state index in [0.717, 1.165) is 16.5 Å². The van der Waals surface area contributed by atoms with E-state index in [-0.39, 0.29) is 12.0 Å². The summed E-state index contributed by atoms with van der Waals surface area (Å²) >= 11 is 0. The number of pyridine rings is 1. The second-order valence-corrected chi connectivity index (χ2v) is 5.66. The van der Waals surface area contributed by atoms with Gasteiger partial charge >= 0.3 is 0 Å². The van der Waals surface area contributed by atoms with Crippen LogP contribution >= 0.6 is 0 Å². The number of ether oxygens (including phenoxy) is 1. The Morgan fingerprint density at radius 2 is 2.24 bits per heavy atom. The van der Waals surface area contributed by atoms with Crippen molar-refractivity contribution < 1.29 is 9.53 Å². The monoisotopic (exact) mass is 336 g/mol. The quantitative estimate of drug-likeness (QED) is 0.726. The summed E-state index contributed by atoms with van der Waals surface area (Å²) in [5, 5.41) is 14.8. The summed E-state index contributed by atoms with van der Waals surface area (Å²) in [5.74, 6) is 0.388. The first kappa shape index (κ1) is 15.4. The minimum absolute atomic E-state index is 0.0716. The number of fused-ring (bicyclic) bond motifs is 1. The average Bonchev–Trinajstić information content (AvgIpc) is 3.21. The van der Waals surface area contributed by atoms with Gasteiger partial charge in [-0.3, -0.25) is 9.78 Å². The zero-order chi connectivity index (χ0) is 17.1. The maximum absolute atomic E-state index is 12.5. The normalized spacial score (nSPS) is 18.1. The van der Waals surface area contributed by atoms with Crippen LogP contribution in [0.4, 0.5) is 0 Å². The van der Waals surface area contributed by atoms with E-state index in [1.165, 1.54) is 0 Å². The first-order valence-electron chi connectivity index (χ1n) is 7.97. The van der Waals surface area contributed by atoms with Crippen molar-refractivity contribution in [3.8, 4) is 0 Å². The van der Waals surface area contributed by atoms with Gasteiger partial charge in [0.2, 0.25) is 11.7 Å². The zero-order valence-electron chi connectivity index (χ0n) is 13.4. The van der Waals surface area contributed by atoms with Crippen LogP contribution in [0.5, 0.6) is 0 Å². The van der Waals surface area contributed by atoms with Gasteiger partial charge in [0.15, 0.2) is 0 Å². The van der Waals surface area contributed by atoms with Crippen LogP contribution in [0, 0.1) is 0 Å². The number of hydrogen-bond donors (Lipinski definition) is 1. The van der Waals surface area contributed by atoms with Gasteiger partial charge < -0.3 is 9.64 Å². The molecule has 25 heavy (non-hydrogen) atoms. The van der Waals surface area contributed by atoms with Crippen molar-refractivity contribution in [2.45, 2.75) is 6.10 Å². The number of hydrogen-bond acceptors (Lipinski definition) is 6. The molecular formula is C17H16N6O2. The standard InChI is InChI=1S/C17H16N6O2/c24-16(23-9-10-25-15(11-23)17-19-21-22-20-17)6-5-12-7-8-18-14-4-2-1-3-13(12)14/h1-8,15H,9-11H2,(H,19,20,21,22)/b6-5+. The minimum atomic E-state index is -0.355. The summed E-state index contributed by atoms with van der Waals surface area (Å²) in [7, 11) is 0. The molecule has 1 aromatic carbocycles. The van der Waals surface area contributed by atoms with Crippen LogP contribution in [0.2, 0.25) is 0 Å². The van der Waals surface area contributed by atoms with Crippen LogP contribution in [-0.2, 0) is 9.53 Å². The molecule has 1 aliphatic rings. The maximum atomic E-state index is 12.5. The highest BCUT2D eigenvalue weighted by atomic mass is 16.5. The molecule has 1 saturated heterocycles. The number of para-hydroxylation sites is 1. The molecule has 2 aromatic heterocycles. The SMILES string of the molecule is O=C(/C=C/c1ccnc2ccccc12)N1CCOC(c2nn[nH]n2)C1. The molecule has 1 unspecified atom stereocenters. The van der Waals surface area contributed by atoms with Gasteiger partial charge in [-0.15, -0.1) is 10.2 Å². The Balaban J connectivity index is 1.50. The predicted octanol–water partition coefficient (Wildman–Crippen LogP) is 1.36. The number of benzene rings is 1. The van der Waals surface area contributed by atoms with Crippen LogP contribution in [-0.4, -0.2) is 56.1 Å². The fourth-order valence-corrected chi connectivity index (χ4v) is 2.84. The largest absolute Gasteiger partial charge is 0.366 e. The Hall–Kier alpha value is -3.13. The highest BCUT2D eigenvalue weighted by Crippen LogP contribution is 2.20. The molecule has 0 bridgehead atoms. The van der Waals surface area contributed by atoms with E-state index in [4.69, 9.17) is 4.74 Å². The number of H-pyrrole nitrogens is 1. The molecular weight excluding hydrogens is 320 g/mol. The molecule has 1 N–H and O–H groups in total. The minimum Gasteiger partial charge on any atom is -0.366 e. The van der Waals surface area contributed by atoms with Crippen molar-refractivity contribution in [2.24, 2.45) is 0 Å². The van der Waals surface area contributed by atoms with E-state index in [2.05, 4.69) is 25.6 Å². The van der Waals surface area contributed by atoms with Gasteiger partial charge in [0.05, 0.1) is 18.7 Å². The molecule has 1 atom stereocenters. The molecule has 1 aliphatic heterocycles. The lowest BCUT2D eigenvalue weighted by Gasteiger charge is -2.30. The summed E-state index contributed by atoms with van der Waals surface area (Å²) < 4.78 is 5.61. The van der Waals surface area contributed by atoms with Crippen molar-refractivity contribution >= 4 is 22.9 Å². The van der Waals surface area contributed by atoms with E-state index >= 15 is 0 Å². The predicted molar refractivity (Wildman–Crippen MR) is 90.2 cm³/mol. The number of carbonyl (C=O) groups excluding carboxylic acids is 1. The summed E-state index contributed by atoms with van der Waals surface area (Å²) in [6.45, 7) is 1.38. The van der Waals surface area contributed by atoms with Crippen molar-refractivity contribution in [1.82, 2.24) is 30.5 Å². The Morgan fingerprint density at radius 3 is 3.12 bits per heavy atom. The van der Waals surface area contributed by atoms with E-state index < -0.39 is 0 Å². The Kier molecular flexibility index (Phi) is 4.17. The number of morpholine rings is 1. The third-order valence-corrected chi connectivity index (χ3v) is 4.12. The highest BCUT2D eigenvalue weighted by molar-refractivity contribution is 5.95. The summed E-state index contributed by atoms with van der Waals surface area (Å²) in [6.07, 6.45) is 4.80. The number of aromatic amines is 1. The molecule has 0 aliphatic carbocycles. The molecule has 3 aromatic rings. The Morgan fingerprint density at radius 1 is 1.32 bits per heavy atom. The molecule has 3 heterocycles. The van der Waals surface area contributed by atoms with Gasteiger partial charge in [-0.25, -0.2) is 0 Å². The molecule has 126 valence electrons. The molecule has 8 heteroatoms. The van der Waals surface area contributed by atoms with E-state index in [1.807, 2.05) is 36.4 Å². The molecule has 0 saturated carbocycles. The molecule has 1 amide bonds. The van der Waals surface area contributed by atoms with Crippen LogP contribution in [0.25, 0.3) is 17.0 Å². The first-order valence-corrected chi connectivity index (χ1v) is 7.97. The smallest absolute Gasteiger partial charge is 0.246 e. The van der Waals surface area contributed by atoms with E-state index in [9.17, 15) is 4.79 Å². The lowest BCUT2D eigenvalue weighted by Crippen LogP contribution is -2.41. The molecule has 8 nitrogen and oxygen atoms in total. The van der Waals surface area contributed by atoms with Gasteiger partial charge in [0, 0.05) is 24.2 Å². The zero-order valence-corrected chi connectivity index (χ0v) is 13.4. The molecule has 1 fully saturated rings. The van der Waals surface area contributed by atoms with Gasteiger partial charge in [0.1, 0.15) is 6.10 Å². The number of carbonyl (C=O) groups is 1. The van der Waals surface area contributed by atoms with Crippen LogP contribution < -0.4 is 0 Å². The van der Waals surface area contributed by atoms with Crippen LogP contribution in [0.15, 0.2) is 42.6 Å². The van der Waals surface area contributed by atoms with E-state index in [0.29, 0.717) is 25.5 Å². The lowest BCUT2D eigenvalue weighted by atomic mass is 10.1. The summed E-state index contributed by atoms with van der Waals surface area (Å²) in [6, 6.07) is 9.74. The number of nitrogens with zero attached hydrogens (tertiary/aromatic N) is 5. The number of tetrazole rings is 1. The summed E-state index contributed by atoms with van der Waals surface area (Å²) in [5.41, 5.74) is 1.86. The number of nitrogens with one attached hydrogen (secondary N) is 1. The van der Waals surface area contributed by atoms with Crippen LogP contribution in [0.1, 0.15) is 17.5 Å². The topological polar surface area (TPSA) is 96.9 Å². The third kappa shape index (κ3) is 3.24. The first-order chi connectivity index (χ1) is 12.3. The van der Waals surface area contributed by atoms with Crippen molar-refractivity contribution in [3.63, 3.8) is 0 Å². The second-order valence-electron chi connectivity index (χ2n) is 5.66. The lowest BCUT2D eigenvalue weighted by molar-refractivity contribution is -0.134. The fraction of sp³-hybridized carbons (Fsp3) is 0.235. The fourth-order valence-electron chi connectivity index (χ4n) is 2.84. The van der Waals surface area contributed by atoms with Crippen molar-refractivity contribution in [1.29, 1.82) is 0 Å². The van der Waals surface area contributed by atoms with Gasteiger partial charge in [-0.1, -0.05) is 23.4 Å². The van der Waals surface area contributed by atoms with Gasteiger partial charge in [0.25, 0.3) is 0 Å². The Bertz CT molecular complexity index is 903. The molecule has 4 rings (SSSR count). The molecule has 0 spiro atoms. The molecule has 0 radical (unpaired) electrons. The van der Waals surface area contributed by atoms with Gasteiger partial charge in [-0.05, 0) is 23.8 Å².